The molecule has 18 heavy (non-hydrogen) atoms. The number of hydrogen-bond acceptors (Lipinski definition) is 3. The predicted molar refractivity (Wildman–Crippen MR) is 70.6 cm³/mol. The summed E-state index contributed by atoms with van der Waals surface area (Å²) in [6.07, 6.45) is 0.378. The van der Waals surface area contributed by atoms with Crippen molar-refractivity contribution in [2.45, 2.75) is 25.2 Å². The van der Waals surface area contributed by atoms with Crippen LogP contribution in [0.3, 0.4) is 0 Å². The monoisotopic (exact) mass is 267 g/mol. The van der Waals surface area contributed by atoms with Gasteiger partial charge in [-0.25, -0.2) is 13.1 Å². The van der Waals surface area contributed by atoms with Crippen LogP contribution in [0.4, 0.5) is 0 Å². The summed E-state index contributed by atoms with van der Waals surface area (Å²) in [5.41, 5.74) is 1.31. The highest BCUT2D eigenvalue weighted by Gasteiger charge is 2.15. The molecule has 0 atom stereocenters. The third kappa shape index (κ3) is 3.84. The molecule has 0 radical (unpaired) electrons. The van der Waals surface area contributed by atoms with E-state index in [1.165, 1.54) is 0 Å². The van der Waals surface area contributed by atoms with Crippen molar-refractivity contribution in [2.24, 2.45) is 0 Å². The van der Waals surface area contributed by atoms with Crippen molar-refractivity contribution in [3.8, 4) is 11.8 Å². The Hall–Kier alpha value is -1.35. The van der Waals surface area contributed by atoms with Gasteiger partial charge in [-0.15, -0.1) is 0 Å². The fraction of sp³-hybridized carbons (Fsp3) is 0.385. The normalized spacial score (nSPS) is 10.8. The summed E-state index contributed by atoms with van der Waals surface area (Å²) in [5.74, 6) is 5.59. The van der Waals surface area contributed by atoms with Crippen molar-refractivity contribution in [1.82, 2.24) is 4.72 Å². The lowest BCUT2D eigenvalue weighted by molar-refractivity contribution is 0.305. The van der Waals surface area contributed by atoms with Crippen LogP contribution in [0.5, 0.6) is 0 Å². The van der Waals surface area contributed by atoms with Crippen molar-refractivity contribution in [3.63, 3.8) is 0 Å². The summed E-state index contributed by atoms with van der Waals surface area (Å²) < 4.78 is 26.3. The smallest absolute Gasteiger partial charge is 0.240 e. The first-order valence-corrected chi connectivity index (χ1v) is 7.19. The Balaban J connectivity index is 3.14. The van der Waals surface area contributed by atoms with Crippen LogP contribution in [-0.4, -0.2) is 26.7 Å². The van der Waals surface area contributed by atoms with E-state index < -0.39 is 10.0 Å². The molecule has 5 heteroatoms. The minimum Gasteiger partial charge on any atom is -0.395 e. The van der Waals surface area contributed by atoms with E-state index in [-0.39, 0.29) is 11.5 Å². The van der Waals surface area contributed by atoms with Gasteiger partial charge >= 0.3 is 0 Å². The lowest BCUT2D eigenvalue weighted by Gasteiger charge is -2.08. The lowest BCUT2D eigenvalue weighted by Crippen LogP contribution is -2.24. The second kappa shape index (κ2) is 6.55. The largest absolute Gasteiger partial charge is 0.395 e. The number of aryl methyl sites for hydroxylation is 1. The van der Waals surface area contributed by atoms with Crippen molar-refractivity contribution in [1.29, 1.82) is 0 Å². The van der Waals surface area contributed by atoms with Crippen molar-refractivity contribution in [3.05, 3.63) is 29.3 Å². The number of benzene rings is 1. The van der Waals surface area contributed by atoms with Gasteiger partial charge in [-0.2, -0.15) is 0 Å². The molecule has 0 heterocycles. The summed E-state index contributed by atoms with van der Waals surface area (Å²) in [6.45, 7) is 3.83. The highest BCUT2D eigenvalue weighted by Crippen LogP contribution is 2.16. The van der Waals surface area contributed by atoms with Crippen molar-refractivity contribution in [2.75, 3.05) is 13.2 Å². The van der Waals surface area contributed by atoms with E-state index in [0.29, 0.717) is 24.1 Å². The van der Waals surface area contributed by atoms with Crippen molar-refractivity contribution < 1.29 is 13.5 Å². The maximum atomic E-state index is 11.9. The first-order valence-electron chi connectivity index (χ1n) is 5.71. The third-order valence-corrected chi connectivity index (χ3v) is 3.97. The van der Waals surface area contributed by atoms with Crippen LogP contribution in [0.1, 0.15) is 24.5 Å². The first-order chi connectivity index (χ1) is 8.51. The second-order valence-corrected chi connectivity index (χ2v) is 5.49. The third-order valence-electron chi connectivity index (χ3n) is 2.28. The summed E-state index contributed by atoms with van der Waals surface area (Å²) in [6, 6.07) is 5.05. The Labute approximate surface area is 108 Å². The Morgan fingerprint density at radius 2 is 2.11 bits per heavy atom. The molecule has 0 unspecified atom stereocenters. The van der Waals surface area contributed by atoms with E-state index in [9.17, 15) is 8.42 Å². The highest BCUT2D eigenvalue weighted by molar-refractivity contribution is 7.89. The quantitative estimate of drug-likeness (QED) is 0.801. The maximum Gasteiger partial charge on any atom is 0.240 e. The number of rotatable bonds is 4. The zero-order chi connectivity index (χ0) is 13.6. The maximum absolute atomic E-state index is 11.9. The molecule has 0 bridgehead atoms. The van der Waals surface area contributed by atoms with Gasteiger partial charge in [0.15, 0.2) is 0 Å². The molecule has 1 rings (SSSR count). The van der Waals surface area contributed by atoms with E-state index in [4.69, 9.17) is 5.11 Å². The lowest BCUT2D eigenvalue weighted by atomic mass is 10.1. The molecule has 0 aliphatic carbocycles. The van der Waals surface area contributed by atoms with Crippen LogP contribution in [0, 0.1) is 18.8 Å². The molecule has 0 aliphatic heterocycles. The fourth-order valence-corrected chi connectivity index (χ4v) is 2.77. The van der Waals surface area contributed by atoms with Crippen molar-refractivity contribution >= 4 is 10.0 Å². The number of sulfonamides is 1. The standard InChI is InChI=1S/C13H17NO3S/c1-3-14-18(16,17)13-10-12(6-4-5-9-15)8-7-11(13)2/h7-8,10,14-15H,3,5,9H2,1-2H3. The van der Waals surface area contributed by atoms with Gasteiger partial charge < -0.3 is 5.11 Å². The molecule has 1 aromatic carbocycles. The molecule has 0 amide bonds. The number of nitrogens with one attached hydrogen (secondary N) is 1. The zero-order valence-corrected chi connectivity index (χ0v) is 11.3. The average Bonchev–Trinajstić information content (AvgIpc) is 2.31. The second-order valence-electron chi connectivity index (χ2n) is 3.76. The summed E-state index contributed by atoms with van der Waals surface area (Å²) in [5, 5.41) is 8.63. The fourth-order valence-electron chi connectivity index (χ4n) is 1.46. The molecule has 98 valence electrons. The van der Waals surface area contributed by atoms with Gasteiger partial charge in [-0.05, 0) is 24.6 Å². The number of aliphatic hydroxyl groups is 1. The molecule has 0 saturated carbocycles. The minimum atomic E-state index is -3.46. The summed E-state index contributed by atoms with van der Waals surface area (Å²) >= 11 is 0. The molecule has 2 N–H and O–H groups in total. The SMILES string of the molecule is CCNS(=O)(=O)c1cc(C#CCCO)ccc1C. The van der Waals surface area contributed by atoms with Gasteiger partial charge in [0.1, 0.15) is 0 Å². The Bertz CT molecular complexity index is 568. The van der Waals surface area contributed by atoms with Crippen LogP contribution >= 0.6 is 0 Å². The van der Waals surface area contributed by atoms with E-state index in [1.54, 1.807) is 32.0 Å². The molecule has 0 aromatic heterocycles. The van der Waals surface area contributed by atoms with Crippen LogP contribution in [0.15, 0.2) is 23.1 Å². The molecule has 0 spiro atoms. The topological polar surface area (TPSA) is 66.4 Å². The van der Waals surface area contributed by atoms with E-state index >= 15 is 0 Å². The first kappa shape index (κ1) is 14.7. The Kier molecular flexibility index (Phi) is 5.35. The van der Waals surface area contributed by atoms with Gasteiger partial charge in [-0.1, -0.05) is 24.8 Å². The molecular formula is C13H17NO3S. The van der Waals surface area contributed by atoms with Crippen LogP contribution in [-0.2, 0) is 10.0 Å². The molecule has 4 nitrogen and oxygen atoms in total. The molecule has 0 fully saturated rings. The van der Waals surface area contributed by atoms with Crippen LogP contribution in [0.2, 0.25) is 0 Å². The minimum absolute atomic E-state index is 0.00140. The van der Waals surface area contributed by atoms with Gasteiger partial charge in [0, 0.05) is 18.5 Å². The van der Waals surface area contributed by atoms with E-state index in [1.807, 2.05) is 0 Å². The number of aliphatic hydroxyl groups excluding tert-OH is 1. The summed E-state index contributed by atoms with van der Waals surface area (Å²) in [4.78, 5) is 0.250. The average molecular weight is 267 g/mol. The van der Waals surface area contributed by atoms with E-state index in [2.05, 4.69) is 16.6 Å². The number of hydrogen-bond donors (Lipinski definition) is 2. The van der Waals surface area contributed by atoms with Gasteiger partial charge in [0.25, 0.3) is 0 Å². The summed E-state index contributed by atoms with van der Waals surface area (Å²) in [7, 11) is -3.46. The van der Waals surface area contributed by atoms with Gasteiger partial charge in [0.05, 0.1) is 11.5 Å². The zero-order valence-electron chi connectivity index (χ0n) is 10.5. The van der Waals surface area contributed by atoms with E-state index in [0.717, 1.165) is 0 Å². The van der Waals surface area contributed by atoms with Crippen LogP contribution in [0.25, 0.3) is 0 Å². The van der Waals surface area contributed by atoms with Gasteiger partial charge in [-0.3, -0.25) is 0 Å². The molecule has 0 saturated heterocycles. The molecule has 0 aliphatic rings. The van der Waals surface area contributed by atoms with Crippen LogP contribution < -0.4 is 4.72 Å². The Morgan fingerprint density at radius 3 is 2.72 bits per heavy atom. The van der Waals surface area contributed by atoms with Gasteiger partial charge in [0.2, 0.25) is 10.0 Å². The highest BCUT2D eigenvalue weighted by atomic mass is 32.2. The predicted octanol–water partition coefficient (Wildman–Crippen LogP) is 1.03. The molecule has 1 aromatic rings. The molecular weight excluding hydrogens is 250 g/mol. The Morgan fingerprint density at radius 1 is 1.39 bits per heavy atom.